The second-order valence-corrected chi connectivity index (χ2v) is 5.10. The first-order valence-corrected chi connectivity index (χ1v) is 6.23. The van der Waals surface area contributed by atoms with Gasteiger partial charge in [-0.15, -0.1) is 0 Å². The van der Waals surface area contributed by atoms with E-state index in [0.29, 0.717) is 17.0 Å². The van der Waals surface area contributed by atoms with Gasteiger partial charge in [-0.05, 0) is 30.9 Å². The fraction of sp³-hybridized carbons (Fsp3) is 0.538. The van der Waals surface area contributed by atoms with Crippen LogP contribution in [0.4, 0.5) is 4.39 Å². The molecule has 1 unspecified atom stereocenters. The summed E-state index contributed by atoms with van der Waals surface area (Å²) in [6.07, 6.45) is 5.40. The maximum absolute atomic E-state index is 13.5. The van der Waals surface area contributed by atoms with Crippen LogP contribution < -0.4 is 5.73 Å². The molecule has 0 spiro atoms. The molecule has 88 valence electrons. The Morgan fingerprint density at radius 1 is 1.44 bits per heavy atom. The number of hydrogen-bond acceptors (Lipinski definition) is 1. The lowest BCUT2D eigenvalue weighted by molar-refractivity contribution is 0.275. The molecule has 1 saturated carbocycles. The minimum absolute atomic E-state index is 0.0275. The van der Waals surface area contributed by atoms with E-state index in [2.05, 4.69) is 0 Å². The highest BCUT2D eigenvalue weighted by atomic mass is 35.5. The fourth-order valence-electron chi connectivity index (χ4n) is 2.23. The molecule has 2 N–H and O–H groups in total. The van der Waals surface area contributed by atoms with E-state index < -0.39 is 0 Å². The molecule has 0 saturated heterocycles. The van der Waals surface area contributed by atoms with Crippen molar-refractivity contribution in [2.24, 2.45) is 11.7 Å². The molecule has 0 heterocycles. The first-order valence-electron chi connectivity index (χ1n) is 5.85. The van der Waals surface area contributed by atoms with Crippen LogP contribution in [0.15, 0.2) is 18.2 Å². The van der Waals surface area contributed by atoms with Gasteiger partial charge in [-0.25, -0.2) is 4.39 Å². The van der Waals surface area contributed by atoms with E-state index in [1.165, 1.54) is 25.3 Å². The van der Waals surface area contributed by atoms with Gasteiger partial charge in [-0.3, -0.25) is 0 Å². The van der Waals surface area contributed by atoms with Gasteiger partial charge in [0.2, 0.25) is 0 Å². The third-order valence-corrected chi connectivity index (χ3v) is 3.74. The lowest BCUT2D eigenvalue weighted by atomic mass is 9.80. The first kappa shape index (κ1) is 11.9. The van der Waals surface area contributed by atoms with Crippen LogP contribution in [0.25, 0.3) is 0 Å². The molecule has 1 aliphatic carbocycles. The molecule has 1 aliphatic rings. The van der Waals surface area contributed by atoms with Crippen molar-refractivity contribution in [1.29, 1.82) is 0 Å². The summed E-state index contributed by atoms with van der Waals surface area (Å²) in [5, 5.41) is 0.490. The summed E-state index contributed by atoms with van der Waals surface area (Å²) in [6.45, 7) is 0. The number of rotatable bonds is 4. The van der Waals surface area contributed by atoms with Crippen molar-refractivity contribution < 1.29 is 4.39 Å². The molecule has 1 aromatic rings. The molecule has 1 atom stereocenters. The fourth-order valence-corrected chi connectivity index (χ4v) is 2.47. The van der Waals surface area contributed by atoms with Crippen LogP contribution >= 0.6 is 11.6 Å². The monoisotopic (exact) mass is 241 g/mol. The van der Waals surface area contributed by atoms with Gasteiger partial charge < -0.3 is 5.73 Å². The summed E-state index contributed by atoms with van der Waals surface area (Å²) >= 11 is 5.96. The molecule has 0 aromatic heterocycles. The predicted molar refractivity (Wildman–Crippen MR) is 65.0 cm³/mol. The van der Waals surface area contributed by atoms with Crippen LogP contribution in [-0.4, -0.2) is 6.04 Å². The zero-order chi connectivity index (χ0) is 11.5. The largest absolute Gasteiger partial charge is 0.327 e. The predicted octanol–water partition coefficient (Wildman–Crippen LogP) is 3.54. The van der Waals surface area contributed by atoms with Gasteiger partial charge in [-0.1, -0.05) is 36.9 Å². The molecule has 3 heteroatoms. The molecule has 0 aliphatic heterocycles. The zero-order valence-electron chi connectivity index (χ0n) is 9.26. The van der Waals surface area contributed by atoms with Crippen molar-refractivity contribution in [3.05, 3.63) is 34.6 Å². The summed E-state index contributed by atoms with van der Waals surface area (Å²) in [6, 6.07) is 4.81. The standard InChI is InChI=1S/C13H17ClFN/c14-12-5-2-6-13(15)11(12)8-10(16)7-9-3-1-4-9/h2,5-6,9-10H,1,3-4,7-8,16H2. The van der Waals surface area contributed by atoms with Gasteiger partial charge in [0.1, 0.15) is 5.82 Å². The van der Waals surface area contributed by atoms with Crippen molar-refractivity contribution in [3.63, 3.8) is 0 Å². The Morgan fingerprint density at radius 2 is 2.19 bits per heavy atom. The highest BCUT2D eigenvalue weighted by Crippen LogP contribution is 2.31. The Hall–Kier alpha value is -0.600. The molecule has 0 amide bonds. The molecule has 2 rings (SSSR count). The lowest BCUT2D eigenvalue weighted by Crippen LogP contribution is -2.29. The number of halogens is 2. The molecule has 1 nitrogen and oxygen atoms in total. The normalized spacial score (nSPS) is 18.2. The highest BCUT2D eigenvalue weighted by molar-refractivity contribution is 6.31. The Balaban J connectivity index is 1.96. The van der Waals surface area contributed by atoms with E-state index in [1.807, 2.05) is 0 Å². The minimum Gasteiger partial charge on any atom is -0.327 e. The average Bonchev–Trinajstić information content (AvgIpc) is 2.18. The first-order chi connectivity index (χ1) is 7.66. The SMILES string of the molecule is NC(Cc1c(F)cccc1Cl)CC1CCC1. The Labute approximate surface area is 101 Å². The second-order valence-electron chi connectivity index (χ2n) is 4.70. The van der Waals surface area contributed by atoms with E-state index in [9.17, 15) is 4.39 Å². The maximum atomic E-state index is 13.5. The highest BCUT2D eigenvalue weighted by Gasteiger charge is 2.21. The summed E-state index contributed by atoms with van der Waals surface area (Å²) in [7, 11) is 0. The van der Waals surface area contributed by atoms with Crippen LogP contribution in [0.3, 0.4) is 0 Å². The summed E-state index contributed by atoms with van der Waals surface area (Å²) in [5.41, 5.74) is 6.59. The molecule has 0 bridgehead atoms. The lowest BCUT2D eigenvalue weighted by Gasteiger charge is -2.28. The van der Waals surface area contributed by atoms with Crippen LogP contribution in [0.1, 0.15) is 31.2 Å². The molecule has 1 fully saturated rings. The molecule has 1 aromatic carbocycles. The van der Waals surface area contributed by atoms with E-state index in [-0.39, 0.29) is 11.9 Å². The quantitative estimate of drug-likeness (QED) is 0.857. The molecular weight excluding hydrogens is 225 g/mol. The Bertz CT molecular complexity index is 343. The smallest absolute Gasteiger partial charge is 0.127 e. The minimum atomic E-state index is -0.239. The van der Waals surface area contributed by atoms with E-state index in [1.54, 1.807) is 12.1 Å². The van der Waals surface area contributed by atoms with Crippen molar-refractivity contribution in [1.82, 2.24) is 0 Å². The molecular formula is C13H17ClFN. The van der Waals surface area contributed by atoms with Gasteiger partial charge >= 0.3 is 0 Å². The van der Waals surface area contributed by atoms with E-state index in [4.69, 9.17) is 17.3 Å². The van der Waals surface area contributed by atoms with Gasteiger partial charge in [0, 0.05) is 16.6 Å². The van der Waals surface area contributed by atoms with Crippen molar-refractivity contribution >= 4 is 11.6 Å². The topological polar surface area (TPSA) is 26.0 Å². The maximum Gasteiger partial charge on any atom is 0.127 e. The van der Waals surface area contributed by atoms with Crippen LogP contribution in [0.2, 0.25) is 5.02 Å². The number of hydrogen-bond donors (Lipinski definition) is 1. The van der Waals surface area contributed by atoms with Crippen LogP contribution in [0.5, 0.6) is 0 Å². The summed E-state index contributed by atoms with van der Waals surface area (Å²) in [5.74, 6) is 0.511. The number of nitrogens with two attached hydrogens (primary N) is 1. The van der Waals surface area contributed by atoms with Crippen molar-refractivity contribution in [2.45, 2.75) is 38.1 Å². The third-order valence-electron chi connectivity index (χ3n) is 3.39. The summed E-state index contributed by atoms with van der Waals surface area (Å²) in [4.78, 5) is 0. The zero-order valence-corrected chi connectivity index (χ0v) is 10.0. The molecule has 16 heavy (non-hydrogen) atoms. The molecule has 0 radical (unpaired) electrons. The van der Waals surface area contributed by atoms with Crippen molar-refractivity contribution in [3.8, 4) is 0 Å². The van der Waals surface area contributed by atoms with Gasteiger partial charge in [-0.2, -0.15) is 0 Å². The van der Waals surface area contributed by atoms with E-state index >= 15 is 0 Å². The Kier molecular flexibility index (Phi) is 3.82. The average molecular weight is 242 g/mol. The van der Waals surface area contributed by atoms with Crippen molar-refractivity contribution in [2.75, 3.05) is 0 Å². The number of benzene rings is 1. The van der Waals surface area contributed by atoms with Crippen LogP contribution in [-0.2, 0) is 6.42 Å². The Morgan fingerprint density at radius 3 is 2.75 bits per heavy atom. The second kappa shape index (κ2) is 5.15. The van der Waals surface area contributed by atoms with Gasteiger partial charge in [0.15, 0.2) is 0 Å². The summed E-state index contributed by atoms with van der Waals surface area (Å²) < 4.78 is 13.5. The van der Waals surface area contributed by atoms with E-state index in [0.717, 1.165) is 12.3 Å². The van der Waals surface area contributed by atoms with Gasteiger partial charge in [0.05, 0.1) is 0 Å². The van der Waals surface area contributed by atoms with Crippen LogP contribution in [0, 0.1) is 11.7 Å². The van der Waals surface area contributed by atoms with Gasteiger partial charge in [0.25, 0.3) is 0 Å². The third kappa shape index (κ3) is 2.74.